The van der Waals surface area contributed by atoms with Crippen molar-refractivity contribution in [3.8, 4) is 23.0 Å². The fourth-order valence-electron chi connectivity index (χ4n) is 4.62. The molecule has 0 aliphatic heterocycles. The van der Waals surface area contributed by atoms with Crippen LogP contribution in [0.1, 0.15) is 30.4 Å². The van der Waals surface area contributed by atoms with Gasteiger partial charge in [-0.2, -0.15) is 0 Å². The molecule has 0 aliphatic rings. The Morgan fingerprint density at radius 1 is 0.861 bits per heavy atom. The van der Waals surface area contributed by atoms with Gasteiger partial charge in [0.25, 0.3) is 0 Å². The number of imidazole rings is 1. The summed E-state index contributed by atoms with van der Waals surface area (Å²) < 4.78 is 34.3. The van der Waals surface area contributed by atoms with E-state index in [1.54, 1.807) is 17.1 Å². The minimum Gasteiger partial charge on any atom is -0.457 e. The zero-order valence-corrected chi connectivity index (χ0v) is 20.5. The Labute approximate surface area is 215 Å². The molecule has 0 aliphatic carbocycles. The van der Waals surface area contributed by atoms with E-state index in [1.807, 2.05) is 48.7 Å². The number of benzene rings is 3. The van der Waals surface area contributed by atoms with Gasteiger partial charge in [0.2, 0.25) is 6.33 Å². The lowest BCUT2D eigenvalue weighted by Crippen LogP contribution is -2.23. The summed E-state index contributed by atoms with van der Waals surface area (Å²) in [5, 5.41) is 2.27. The number of hydrogen-bond acceptors (Lipinski definition) is 2. The molecule has 0 unspecified atom stereocenters. The smallest absolute Gasteiger partial charge is 0.248 e. The summed E-state index contributed by atoms with van der Waals surface area (Å²) in [4.78, 5) is 4.75. The van der Waals surface area contributed by atoms with E-state index >= 15 is 0 Å². The normalized spacial score (nSPS) is 13.5. The van der Waals surface area contributed by atoms with Crippen LogP contribution < -0.4 is 9.30 Å². The monoisotopic (exact) mass is 476 g/mol. The Balaban J connectivity index is 1.42. The zero-order valence-electron chi connectivity index (χ0n) is 23.5. The van der Waals surface area contributed by atoms with Crippen LogP contribution in [0.15, 0.2) is 104 Å². The number of fused-ring (bicyclic) bond motifs is 3. The lowest BCUT2D eigenvalue weighted by Gasteiger charge is -2.20. The van der Waals surface area contributed by atoms with Crippen LogP contribution in [0.5, 0.6) is 11.5 Å². The topological polar surface area (TPSA) is 35.9 Å². The van der Waals surface area contributed by atoms with E-state index in [0.717, 1.165) is 33.3 Å². The Kier molecular flexibility index (Phi) is 4.40. The highest BCUT2D eigenvalue weighted by molar-refractivity contribution is 6.09. The maximum atomic E-state index is 7.62. The zero-order chi connectivity index (χ0) is 27.4. The van der Waals surface area contributed by atoms with Gasteiger partial charge in [-0.15, -0.1) is 0 Å². The quantitative estimate of drug-likeness (QED) is 0.260. The fraction of sp³-hybridized carbons (Fsp3) is 0.161. The molecule has 0 N–H and O–H groups in total. The molecule has 0 spiro atoms. The van der Waals surface area contributed by atoms with Gasteiger partial charge < -0.3 is 4.74 Å². The molecule has 3 aromatic carbocycles. The van der Waals surface area contributed by atoms with Crippen molar-refractivity contribution in [3.63, 3.8) is 0 Å². The van der Waals surface area contributed by atoms with Gasteiger partial charge in [0.15, 0.2) is 0 Å². The van der Waals surface area contributed by atoms with Crippen LogP contribution in [0.4, 0.5) is 0 Å². The summed E-state index contributed by atoms with van der Waals surface area (Å²) in [6.07, 6.45) is 6.68. The molecular formula is C31H29N4O+. The van der Waals surface area contributed by atoms with Crippen LogP contribution >= 0.6 is 0 Å². The third kappa shape index (κ3) is 3.93. The molecule has 6 aromatic rings. The van der Waals surface area contributed by atoms with E-state index in [1.165, 1.54) is 16.3 Å². The van der Waals surface area contributed by atoms with Crippen molar-refractivity contribution < 1.29 is 13.4 Å². The number of nitrogens with zero attached hydrogens (tertiary/aromatic N) is 4. The van der Waals surface area contributed by atoms with Crippen LogP contribution in [-0.4, -0.2) is 14.1 Å². The first-order valence-electron chi connectivity index (χ1n) is 13.5. The first-order chi connectivity index (χ1) is 18.6. The highest BCUT2D eigenvalue weighted by atomic mass is 16.5. The van der Waals surface area contributed by atoms with Crippen LogP contribution in [0.2, 0.25) is 0 Å². The lowest BCUT2D eigenvalue weighted by molar-refractivity contribution is -0.670. The maximum Gasteiger partial charge on any atom is 0.248 e. The number of rotatable bonds is 4. The van der Waals surface area contributed by atoms with Crippen LogP contribution in [0, 0.1) is 0 Å². The van der Waals surface area contributed by atoms with E-state index in [4.69, 9.17) is 13.8 Å². The van der Waals surface area contributed by atoms with Gasteiger partial charge in [0.1, 0.15) is 35.4 Å². The summed E-state index contributed by atoms with van der Waals surface area (Å²) in [5.74, 6) is 2.21. The molecule has 5 nitrogen and oxygen atoms in total. The highest BCUT2D eigenvalue weighted by Gasteiger charge is 2.18. The molecule has 6 rings (SSSR count). The summed E-state index contributed by atoms with van der Waals surface area (Å²) in [5.41, 5.74) is 4.10. The van der Waals surface area contributed by atoms with Gasteiger partial charge in [0, 0.05) is 29.1 Å². The molecule has 0 saturated carbocycles. The highest BCUT2D eigenvalue weighted by Crippen LogP contribution is 2.35. The van der Waals surface area contributed by atoms with E-state index in [-0.39, 0.29) is 5.41 Å². The Morgan fingerprint density at radius 2 is 1.69 bits per heavy atom. The molecule has 0 atom stereocenters. The van der Waals surface area contributed by atoms with Gasteiger partial charge in [-0.05, 0) is 53.4 Å². The van der Waals surface area contributed by atoms with Crippen molar-refractivity contribution in [2.75, 3.05) is 0 Å². The fourth-order valence-corrected chi connectivity index (χ4v) is 4.62. The third-order valence-corrected chi connectivity index (χ3v) is 6.47. The summed E-state index contributed by atoms with van der Waals surface area (Å²) >= 11 is 0. The van der Waals surface area contributed by atoms with Crippen LogP contribution in [-0.2, 0) is 12.4 Å². The molecule has 3 aromatic heterocycles. The average Bonchev–Trinajstić information content (AvgIpc) is 3.52. The molecule has 5 heteroatoms. The van der Waals surface area contributed by atoms with E-state index < -0.39 is 6.98 Å². The number of ether oxygens (including phenoxy) is 1. The number of aryl methyl sites for hydroxylation is 1. The first kappa shape index (κ1) is 18.9. The predicted octanol–water partition coefficient (Wildman–Crippen LogP) is 6.88. The minimum absolute atomic E-state index is 0.00177. The first-order valence-corrected chi connectivity index (χ1v) is 12.0. The summed E-state index contributed by atoms with van der Waals surface area (Å²) in [6, 6.07) is 26.3. The van der Waals surface area contributed by atoms with Gasteiger partial charge in [0.05, 0.1) is 22.1 Å². The van der Waals surface area contributed by atoms with Crippen molar-refractivity contribution >= 4 is 21.8 Å². The van der Waals surface area contributed by atoms with Crippen LogP contribution in [0.25, 0.3) is 33.3 Å². The van der Waals surface area contributed by atoms with E-state index in [9.17, 15) is 0 Å². The predicted molar refractivity (Wildman–Crippen MR) is 144 cm³/mol. The van der Waals surface area contributed by atoms with Crippen molar-refractivity contribution in [2.24, 2.45) is 6.98 Å². The molecule has 0 fully saturated rings. The molecule has 0 bridgehead atoms. The summed E-state index contributed by atoms with van der Waals surface area (Å²) in [6.45, 7) is 4.38. The molecule has 3 heterocycles. The van der Waals surface area contributed by atoms with Gasteiger partial charge in [-0.25, -0.2) is 14.1 Å². The average molecular weight is 477 g/mol. The molecule has 36 heavy (non-hydrogen) atoms. The third-order valence-electron chi connectivity index (χ3n) is 6.47. The van der Waals surface area contributed by atoms with Crippen molar-refractivity contribution in [3.05, 3.63) is 109 Å². The number of aromatic nitrogens is 4. The molecule has 0 saturated heterocycles. The molecule has 0 radical (unpaired) electrons. The lowest BCUT2D eigenvalue weighted by atomic mass is 9.88. The Hall–Kier alpha value is -4.38. The second-order valence-corrected chi connectivity index (χ2v) is 10.0. The van der Waals surface area contributed by atoms with Crippen molar-refractivity contribution in [1.82, 2.24) is 14.1 Å². The van der Waals surface area contributed by atoms with Gasteiger partial charge >= 0.3 is 0 Å². The second-order valence-electron chi connectivity index (χ2n) is 10.0. The standard InChI is InChI=1S/C31H29N4O/c1-31(2,3)22-14-15-32-30(18-22)35-28-11-6-5-10-26(28)27-13-12-25(20-29(27)35)36-24-9-7-8-23(19-24)34-17-16-33(4)21-34/h5-21H,1-4H3/q+1/i4D3. The molecule has 0 amide bonds. The van der Waals surface area contributed by atoms with Crippen molar-refractivity contribution in [1.29, 1.82) is 0 Å². The van der Waals surface area contributed by atoms with E-state index in [0.29, 0.717) is 11.5 Å². The van der Waals surface area contributed by atoms with Crippen molar-refractivity contribution in [2.45, 2.75) is 26.2 Å². The number of para-hydroxylation sites is 1. The number of hydrogen-bond donors (Lipinski definition) is 0. The molecular weight excluding hydrogens is 444 g/mol. The van der Waals surface area contributed by atoms with Crippen LogP contribution in [0.3, 0.4) is 0 Å². The molecule has 178 valence electrons. The number of pyridine rings is 1. The summed E-state index contributed by atoms with van der Waals surface area (Å²) in [7, 11) is 0. The minimum atomic E-state index is -2.23. The SMILES string of the molecule is [2H]C([2H])([2H])[n+]1ccn(-c2cccc(Oc3ccc4c5ccccc5n(-c5cc(C(C)(C)C)ccn5)c4c3)c2)c1. The Morgan fingerprint density at radius 3 is 2.53 bits per heavy atom. The van der Waals surface area contributed by atoms with Gasteiger partial charge in [-0.3, -0.25) is 4.57 Å². The van der Waals surface area contributed by atoms with Gasteiger partial charge in [-0.1, -0.05) is 45.0 Å². The maximum absolute atomic E-state index is 7.62. The Bertz CT molecular complexity index is 1830. The largest absolute Gasteiger partial charge is 0.457 e. The second kappa shape index (κ2) is 8.38. The van der Waals surface area contributed by atoms with E-state index in [2.05, 4.69) is 61.7 Å².